The van der Waals surface area contributed by atoms with Crippen LogP contribution in [0, 0.1) is 0 Å². The van der Waals surface area contributed by atoms with Crippen LogP contribution in [-0.4, -0.2) is 33.3 Å². The zero-order valence-electron chi connectivity index (χ0n) is 16.8. The van der Waals surface area contributed by atoms with Crippen molar-refractivity contribution in [2.75, 3.05) is 12.9 Å². The summed E-state index contributed by atoms with van der Waals surface area (Å²) in [6, 6.07) is 12.8. The molecule has 1 aliphatic rings. The van der Waals surface area contributed by atoms with Crippen molar-refractivity contribution in [3.63, 3.8) is 0 Å². The highest BCUT2D eigenvalue weighted by atomic mass is 32.2. The molecule has 0 radical (unpaired) electrons. The van der Waals surface area contributed by atoms with Gasteiger partial charge in [-0.05, 0) is 23.3 Å². The van der Waals surface area contributed by atoms with Gasteiger partial charge in [-0.25, -0.2) is 9.78 Å². The van der Waals surface area contributed by atoms with E-state index in [-0.39, 0.29) is 12.5 Å². The first-order valence-electron chi connectivity index (χ1n) is 9.56. The van der Waals surface area contributed by atoms with Crippen LogP contribution in [0.15, 0.2) is 68.8 Å². The van der Waals surface area contributed by atoms with E-state index in [1.807, 2.05) is 30.3 Å². The van der Waals surface area contributed by atoms with Crippen molar-refractivity contribution in [1.82, 2.24) is 19.9 Å². The van der Waals surface area contributed by atoms with Crippen LogP contribution in [0.5, 0.6) is 5.88 Å². The minimum atomic E-state index is -0.465. The Balaban J connectivity index is 1.56. The predicted molar refractivity (Wildman–Crippen MR) is 118 cm³/mol. The average molecular weight is 436 g/mol. The number of amides is 1. The number of aromatic nitrogens is 3. The molecule has 0 saturated heterocycles. The number of pyridine rings is 1. The number of hydrogen-bond acceptors (Lipinski definition) is 6. The zero-order valence-corrected chi connectivity index (χ0v) is 17.6. The Kier molecular flexibility index (Phi) is 6.03. The van der Waals surface area contributed by atoms with Crippen LogP contribution in [0.2, 0.25) is 0 Å². The maximum Gasteiger partial charge on any atom is 0.329 e. The summed E-state index contributed by atoms with van der Waals surface area (Å²) in [6.45, 7) is 0.461. The third-order valence-corrected chi connectivity index (χ3v) is 5.88. The van der Waals surface area contributed by atoms with Crippen molar-refractivity contribution in [2.24, 2.45) is 0 Å². The number of aromatic amines is 1. The summed E-state index contributed by atoms with van der Waals surface area (Å²) in [5, 5.41) is 3.33. The van der Waals surface area contributed by atoms with Gasteiger partial charge in [-0.1, -0.05) is 30.3 Å². The Hall–Kier alpha value is -3.59. The van der Waals surface area contributed by atoms with Gasteiger partial charge in [0.15, 0.2) is 0 Å². The number of hydrogen-bond donors (Lipinski definition) is 2. The smallest absolute Gasteiger partial charge is 0.329 e. The number of carbonyl (C=O) groups is 1. The number of rotatable bonds is 6. The van der Waals surface area contributed by atoms with Crippen LogP contribution in [0.25, 0.3) is 6.08 Å². The summed E-state index contributed by atoms with van der Waals surface area (Å²) >= 11 is 1.27. The summed E-state index contributed by atoms with van der Waals surface area (Å²) in [7, 11) is 1.53. The van der Waals surface area contributed by atoms with Gasteiger partial charge in [-0.15, -0.1) is 11.8 Å². The second-order valence-corrected chi connectivity index (χ2v) is 7.88. The third-order valence-electron chi connectivity index (χ3n) is 4.81. The molecule has 1 amide bonds. The fraction of sp³-hybridized carbons (Fsp3) is 0.182. The summed E-state index contributed by atoms with van der Waals surface area (Å²) < 4.78 is 6.24. The Bertz CT molecular complexity index is 1260. The first-order chi connectivity index (χ1) is 15.0. The highest BCUT2D eigenvalue weighted by Crippen LogP contribution is 2.27. The third kappa shape index (κ3) is 4.61. The summed E-state index contributed by atoms with van der Waals surface area (Å²) in [5.41, 5.74) is 1.59. The molecule has 9 heteroatoms. The molecule has 2 N–H and O–H groups in total. The zero-order chi connectivity index (χ0) is 21.8. The normalized spacial score (nSPS) is 12.6. The fourth-order valence-corrected chi connectivity index (χ4v) is 4.16. The van der Waals surface area contributed by atoms with Crippen LogP contribution in [-0.2, 0) is 17.9 Å². The lowest BCUT2D eigenvalue weighted by Crippen LogP contribution is -2.38. The number of fused-ring (bicyclic) bond motifs is 1. The van der Waals surface area contributed by atoms with Crippen LogP contribution >= 0.6 is 11.8 Å². The monoisotopic (exact) mass is 436 g/mol. The van der Waals surface area contributed by atoms with Crippen LogP contribution < -0.4 is 21.3 Å². The van der Waals surface area contributed by atoms with Gasteiger partial charge in [0.05, 0.1) is 24.2 Å². The lowest BCUT2D eigenvalue weighted by molar-refractivity contribution is -0.117. The molecule has 0 atom stereocenters. The van der Waals surface area contributed by atoms with Crippen LogP contribution in [0.3, 0.4) is 0 Å². The first-order valence-corrected chi connectivity index (χ1v) is 10.5. The molecule has 0 saturated carbocycles. The molecule has 4 rings (SSSR count). The molecular formula is C22H20N4O4S. The Labute approximate surface area is 182 Å². The van der Waals surface area contributed by atoms with Gasteiger partial charge < -0.3 is 15.0 Å². The molecule has 31 heavy (non-hydrogen) atoms. The summed E-state index contributed by atoms with van der Waals surface area (Å²) in [5.74, 6) is 0.557. The number of ether oxygens (including phenoxy) is 1. The topological polar surface area (TPSA) is 106 Å². The first kappa shape index (κ1) is 20.7. The Morgan fingerprint density at radius 2 is 2.03 bits per heavy atom. The number of thioether (sulfide) groups is 1. The Morgan fingerprint density at radius 3 is 2.81 bits per heavy atom. The van der Waals surface area contributed by atoms with Gasteiger partial charge >= 0.3 is 5.69 Å². The molecule has 8 nitrogen and oxygen atoms in total. The van der Waals surface area contributed by atoms with E-state index in [9.17, 15) is 14.4 Å². The number of nitrogens with one attached hydrogen (secondary N) is 2. The molecule has 158 valence electrons. The molecule has 3 heterocycles. The maximum absolute atomic E-state index is 13.0. The van der Waals surface area contributed by atoms with Crippen LogP contribution in [0.4, 0.5) is 0 Å². The highest BCUT2D eigenvalue weighted by Gasteiger charge is 2.21. The maximum atomic E-state index is 13.0. The van der Waals surface area contributed by atoms with E-state index in [2.05, 4.69) is 15.3 Å². The van der Waals surface area contributed by atoms with Crippen molar-refractivity contribution >= 4 is 23.7 Å². The van der Waals surface area contributed by atoms with Crippen molar-refractivity contribution in [1.29, 1.82) is 0 Å². The molecule has 0 bridgehead atoms. The van der Waals surface area contributed by atoms with Crippen molar-refractivity contribution < 1.29 is 9.53 Å². The van der Waals surface area contributed by atoms with Gasteiger partial charge in [-0.3, -0.25) is 14.2 Å². The number of carbonyl (C=O) groups excluding carboxylic acids is 1. The quantitative estimate of drug-likeness (QED) is 0.571. The van der Waals surface area contributed by atoms with E-state index in [0.717, 1.165) is 15.7 Å². The average Bonchev–Trinajstić information content (AvgIpc) is 2.81. The van der Waals surface area contributed by atoms with E-state index in [4.69, 9.17) is 4.74 Å². The molecule has 0 spiro atoms. The molecular weight excluding hydrogens is 416 g/mol. The van der Waals surface area contributed by atoms with Crippen molar-refractivity contribution in [3.8, 4) is 5.88 Å². The van der Waals surface area contributed by atoms with E-state index in [1.165, 1.54) is 18.9 Å². The molecule has 3 aromatic rings. The van der Waals surface area contributed by atoms with Gasteiger partial charge in [0.25, 0.3) is 5.56 Å². The van der Waals surface area contributed by atoms with Gasteiger partial charge in [0.2, 0.25) is 11.8 Å². The van der Waals surface area contributed by atoms with E-state index >= 15 is 0 Å². The minimum absolute atomic E-state index is 0.159. The van der Waals surface area contributed by atoms with Crippen LogP contribution in [0.1, 0.15) is 16.7 Å². The molecule has 2 aromatic heterocycles. The number of nitrogens with zero attached hydrogens (tertiary/aromatic N) is 2. The van der Waals surface area contributed by atoms with E-state index in [1.54, 1.807) is 24.4 Å². The molecule has 1 aromatic carbocycles. The van der Waals surface area contributed by atoms with E-state index in [0.29, 0.717) is 34.3 Å². The second kappa shape index (κ2) is 9.05. The standard InChI is InChI=1S/C22H20N4O4S/c1-30-18-9-15(7-8-23-18)11-24-19(27)16-10-17-20(31-13-16)25-22(29)26(21(17)28)12-14-5-3-2-4-6-14/h2-10H,11-13H2,1H3,(H,24,27)(H,25,29). The van der Waals surface area contributed by atoms with Crippen molar-refractivity contribution in [3.05, 3.63) is 91.8 Å². The number of methoxy groups -OCH3 is 1. The molecule has 0 fully saturated rings. The number of H-pyrrole nitrogens is 1. The molecule has 1 aliphatic heterocycles. The minimum Gasteiger partial charge on any atom is -0.481 e. The fourth-order valence-electron chi connectivity index (χ4n) is 3.18. The highest BCUT2D eigenvalue weighted by molar-refractivity contribution is 7.99. The second-order valence-electron chi connectivity index (χ2n) is 6.90. The lowest BCUT2D eigenvalue weighted by Gasteiger charge is -2.16. The summed E-state index contributed by atoms with van der Waals surface area (Å²) in [6.07, 6.45) is 3.17. The molecule has 0 unspecified atom stereocenters. The molecule has 0 aliphatic carbocycles. The van der Waals surface area contributed by atoms with Gasteiger partial charge in [0, 0.05) is 30.1 Å². The van der Waals surface area contributed by atoms with Gasteiger partial charge in [-0.2, -0.15) is 0 Å². The summed E-state index contributed by atoms with van der Waals surface area (Å²) in [4.78, 5) is 44.9. The lowest BCUT2D eigenvalue weighted by atomic mass is 10.1. The largest absolute Gasteiger partial charge is 0.481 e. The predicted octanol–water partition coefficient (Wildman–Crippen LogP) is 1.79. The number of benzene rings is 1. The SMILES string of the molecule is COc1cc(CNC(=O)C2=Cc3c([nH]c(=O)n(Cc4ccccc4)c3=O)SC2)ccn1. The van der Waals surface area contributed by atoms with E-state index < -0.39 is 11.2 Å². The van der Waals surface area contributed by atoms with Crippen molar-refractivity contribution in [2.45, 2.75) is 18.1 Å². The Morgan fingerprint density at radius 1 is 1.23 bits per heavy atom. The van der Waals surface area contributed by atoms with Gasteiger partial charge in [0.1, 0.15) is 0 Å².